The number of rotatable bonds is 4. The summed E-state index contributed by atoms with van der Waals surface area (Å²) >= 11 is 0. The van der Waals surface area contributed by atoms with E-state index in [1.54, 1.807) is 17.0 Å². The van der Waals surface area contributed by atoms with Gasteiger partial charge in [-0.3, -0.25) is 9.78 Å². The van der Waals surface area contributed by atoms with Crippen LogP contribution >= 0.6 is 0 Å². The number of fused-ring (bicyclic) bond motifs is 1. The van der Waals surface area contributed by atoms with Crippen LogP contribution in [0.1, 0.15) is 53.8 Å². The van der Waals surface area contributed by atoms with Crippen LogP contribution in [0, 0.1) is 5.82 Å². The van der Waals surface area contributed by atoms with Crippen molar-refractivity contribution >= 4 is 17.7 Å². The van der Waals surface area contributed by atoms with Crippen LogP contribution in [0.2, 0.25) is 0 Å². The highest BCUT2D eigenvalue weighted by atomic mass is 19.1. The third kappa shape index (κ3) is 3.10. The van der Waals surface area contributed by atoms with Crippen LogP contribution in [0.15, 0.2) is 31.1 Å². The second kappa shape index (κ2) is 7.20. The molecule has 5 nitrogen and oxygen atoms in total. The van der Waals surface area contributed by atoms with Crippen LogP contribution in [0.3, 0.4) is 0 Å². The number of nitrogens with one attached hydrogen (secondary N) is 1. The molecule has 0 saturated carbocycles. The Morgan fingerprint density at radius 2 is 2.25 bits per heavy atom. The lowest BCUT2D eigenvalue weighted by molar-refractivity contribution is 0.558. The molecule has 0 saturated heterocycles. The maximum Gasteiger partial charge on any atom is 0.130 e. The zero-order valence-corrected chi connectivity index (χ0v) is 16.2. The standard InChI is InChI=1S/C22H24FN5/c1-4-20-17(22(27-26-20)14-11-25-28(3)12-14)10-13(2)21-16-6-5-7-19(24)15(16)8-9-18(21)23/h4,8-12,19H,1,5-7,24H2,2-3H3,(H,26,27)/b13-10+. The molecule has 1 aliphatic carbocycles. The quantitative estimate of drug-likeness (QED) is 0.704. The summed E-state index contributed by atoms with van der Waals surface area (Å²) in [6, 6.07) is 3.33. The monoisotopic (exact) mass is 377 g/mol. The van der Waals surface area contributed by atoms with E-state index in [4.69, 9.17) is 5.73 Å². The van der Waals surface area contributed by atoms with Crippen LogP contribution in [-0.4, -0.2) is 20.0 Å². The summed E-state index contributed by atoms with van der Waals surface area (Å²) < 4.78 is 16.6. The van der Waals surface area contributed by atoms with Crippen molar-refractivity contribution in [3.8, 4) is 11.3 Å². The number of aromatic amines is 1. The topological polar surface area (TPSA) is 72.5 Å². The van der Waals surface area contributed by atoms with E-state index in [0.29, 0.717) is 5.56 Å². The number of H-pyrrole nitrogens is 1. The van der Waals surface area contributed by atoms with E-state index in [-0.39, 0.29) is 11.9 Å². The van der Waals surface area contributed by atoms with E-state index in [9.17, 15) is 4.39 Å². The molecule has 3 N–H and O–H groups in total. The number of halogens is 1. The molecule has 0 amide bonds. The fourth-order valence-corrected chi connectivity index (χ4v) is 4.05. The van der Waals surface area contributed by atoms with Gasteiger partial charge in [0.1, 0.15) is 11.5 Å². The van der Waals surface area contributed by atoms with E-state index in [1.165, 1.54) is 6.07 Å². The molecule has 0 spiro atoms. The van der Waals surface area contributed by atoms with Gasteiger partial charge in [-0.2, -0.15) is 10.2 Å². The Morgan fingerprint density at radius 3 is 2.96 bits per heavy atom. The van der Waals surface area contributed by atoms with E-state index in [1.807, 2.05) is 32.3 Å². The van der Waals surface area contributed by atoms with Crippen molar-refractivity contribution in [3.63, 3.8) is 0 Å². The lowest BCUT2D eigenvalue weighted by Crippen LogP contribution is -2.19. The summed E-state index contributed by atoms with van der Waals surface area (Å²) in [4.78, 5) is 0. The number of aromatic nitrogens is 4. The van der Waals surface area contributed by atoms with Crippen molar-refractivity contribution in [1.82, 2.24) is 20.0 Å². The zero-order valence-electron chi connectivity index (χ0n) is 16.2. The Bertz CT molecular complexity index is 1070. The SMILES string of the molecule is C=Cc1[nH]nc(-c2cnn(C)c2)c1/C=C(\C)c1c(F)ccc2c1CCCC2N. The molecule has 2 heterocycles. The predicted molar refractivity (Wildman–Crippen MR) is 111 cm³/mol. The molecule has 6 heteroatoms. The number of hydrogen-bond donors (Lipinski definition) is 2. The lowest BCUT2D eigenvalue weighted by Gasteiger charge is -2.25. The highest BCUT2D eigenvalue weighted by molar-refractivity contribution is 5.89. The normalized spacial score (nSPS) is 16.9. The van der Waals surface area contributed by atoms with Gasteiger partial charge >= 0.3 is 0 Å². The van der Waals surface area contributed by atoms with Crippen molar-refractivity contribution in [2.75, 3.05) is 0 Å². The minimum atomic E-state index is -0.215. The molecule has 1 aliphatic rings. The molecule has 1 unspecified atom stereocenters. The summed E-state index contributed by atoms with van der Waals surface area (Å²) in [5.41, 5.74) is 13.2. The maximum atomic E-state index is 14.9. The Balaban J connectivity index is 1.86. The fraction of sp³-hybridized carbons (Fsp3) is 0.273. The minimum Gasteiger partial charge on any atom is -0.324 e. The van der Waals surface area contributed by atoms with Gasteiger partial charge in [0.15, 0.2) is 0 Å². The minimum absolute atomic E-state index is 0.0282. The van der Waals surface area contributed by atoms with E-state index < -0.39 is 0 Å². The molecule has 4 rings (SSSR count). The first-order valence-corrected chi connectivity index (χ1v) is 9.45. The first-order chi connectivity index (χ1) is 13.5. The first-order valence-electron chi connectivity index (χ1n) is 9.45. The molecular formula is C22H24FN5. The van der Waals surface area contributed by atoms with Crippen molar-refractivity contribution in [2.24, 2.45) is 12.8 Å². The molecule has 144 valence electrons. The van der Waals surface area contributed by atoms with Gasteiger partial charge in [0.05, 0.1) is 11.9 Å². The molecule has 0 aliphatic heterocycles. The average Bonchev–Trinajstić information content (AvgIpc) is 3.27. The lowest BCUT2D eigenvalue weighted by atomic mass is 9.83. The summed E-state index contributed by atoms with van der Waals surface area (Å²) in [5, 5.41) is 11.7. The number of aryl methyl sites for hydroxylation is 1. The summed E-state index contributed by atoms with van der Waals surface area (Å²) in [5.74, 6) is -0.215. The molecule has 28 heavy (non-hydrogen) atoms. The van der Waals surface area contributed by atoms with Gasteiger partial charge in [-0.15, -0.1) is 0 Å². The number of nitrogens with zero attached hydrogens (tertiary/aromatic N) is 3. The number of nitrogens with two attached hydrogens (primary N) is 1. The van der Waals surface area contributed by atoms with E-state index in [0.717, 1.165) is 58.5 Å². The van der Waals surface area contributed by atoms with Crippen LogP contribution in [0.5, 0.6) is 0 Å². The second-order valence-electron chi connectivity index (χ2n) is 7.32. The molecule has 1 aromatic carbocycles. The third-order valence-electron chi connectivity index (χ3n) is 5.41. The molecular weight excluding hydrogens is 353 g/mol. The van der Waals surface area contributed by atoms with Crippen LogP contribution in [0.4, 0.5) is 4.39 Å². The maximum absolute atomic E-state index is 14.9. The fourth-order valence-electron chi connectivity index (χ4n) is 4.05. The van der Waals surface area contributed by atoms with E-state index >= 15 is 0 Å². The molecule has 0 bridgehead atoms. The van der Waals surface area contributed by atoms with Crippen LogP contribution in [0.25, 0.3) is 29.0 Å². The molecule has 0 fully saturated rings. The molecule has 1 atom stereocenters. The number of allylic oxidation sites excluding steroid dienone is 1. The van der Waals surface area contributed by atoms with Gasteiger partial charge in [-0.1, -0.05) is 12.6 Å². The van der Waals surface area contributed by atoms with Gasteiger partial charge in [0.25, 0.3) is 0 Å². The highest BCUT2D eigenvalue weighted by Gasteiger charge is 2.23. The van der Waals surface area contributed by atoms with Crippen LogP contribution < -0.4 is 5.73 Å². The van der Waals surface area contributed by atoms with Gasteiger partial charge in [0.2, 0.25) is 0 Å². The smallest absolute Gasteiger partial charge is 0.130 e. The zero-order chi connectivity index (χ0) is 19.8. The number of benzene rings is 1. The van der Waals surface area contributed by atoms with Gasteiger partial charge < -0.3 is 5.73 Å². The van der Waals surface area contributed by atoms with Gasteiger partial charge in [0, 0.05) is 36.0 Å². The first kappa shape index (κ1) is 18.4. The van der Waals surface area contributed by atoms with Crippen molar-refractivity contribution in [2.45, 2.75) is 32.2 Å². The number of hydrogen-bond acceptors (Lipinski definition) is 3. The second-order valence-corrected chi connectivity index (χ2v) is 7.32. The van der Waals surface area contributed by atoms with Gasteiger partial charge in [-0.05, 0) is 61.1 Å². The Kier molecular flexibility index (Phi) is 4.73. The molecule has 0 radical (unpaired) electrons. The highest BCUT2D eigenvalue weighted by Crippen LogP contribution is 2.36. The van der Waals surface area contributed by atoms with Crippen molar-refractivity contribution in [1.29, 1.82) is 0 Å². The molecule has 3 aromatic rings. The summed E-state index contributed by atoms with van der Waals surface area (Å²) in [6.07, 6.45) is 10.1. The van der Waals surface area contributed by atoms with Crippen molar-refractivity contribution in [3.05, 3.63) is 64.9 Å². The molecule has 2 aromatic heterocycles. The Morgan fingerprint density at radius 1 is 1.43 bits per heavy atom. The predicted octanol–water partition coefficient (Wildman–Crippen LogP) is 4.49. The average molecular weight is 377 g/mol. The van der Waals surface area contributed by atoms with Crippen LogP contribution in [-0.2, 0) is 13.5 Å². The van der Waals surface area contributed by atoms with E-state index in [2.05, 4.69) is 21.9 Å². The Labute approximate surface area is 163 Å². The third-order valence-corrected chi connectivity index (χ3v) is 5.41. The van der Waals surface area contributed by atoms with Gasteiger partial charge in [-0.25, -0.2) is 4.39 Å². The van der Waals surface area contributed by atoms with Crippen molar-refractivity contribution < 1.29 is 4.39 Å². The largest absolute Gasteiger partial charge is 0.324 e. The summed E-state index contributed by atoms with van der Waals surface area (Å²) in [7, 11) is 1.86. The summed E-state index contributed by atoms with van der Waals surface area (Å²) in [6.45, 7) is 5.81. The Hall–Kier alpha value is -2.99.